The Morgan fingerprint density at radius 3 is 2.71 bits per heavy atom. The van der Waals surface area contributed by atoms with Gasteiger partial charge in [0.2, 0.25) is 0 Å². The summed E-state index contributed by atoms with van der Waals surface area (Å²) in [6.07, 6.45) is 0.639. The van der Waals surface area contributed by atoms with E-state index in [2.05, 4.69) is 52.2 Å². The van der Waals surface area contributed by atoms with Crippen molar-refractivity contribution >= 4 is 17.0 Å². The standard InChI is InChI=1S/C25H28N4O2/c1-27-18-28(14-19-7-3-2-4-8-19)15-21-16-29(12-11-24(21)27)25(30)31-17-22-13-20-9-5-6-10-23(20)26-22/h2-10,13,26H,11-12,14-18H2,1H3. The number of ether oxygens (including phenoxy) is 1. The summed E-state index contributed by atoms with van der Waals surface area (Å²) < 4.78 is 5.63. The quantitative estimate of drug-likeness (QED) is 0.694. The molecule has 1 aromatic heterocycles. The number of hydrogen-bond donors (Lipinski definition) is 1. The number of hydrogen-bond acceptors (Lipinski definition) is 4. The fourth-order valence-corrected chi connectivity index (χ4v) is 4.67. The Morgan fingerprint density at radius 2 is 1.87 bits per heavy atom. The number of fused-ring (bicyclic) bond motifs is 1. The van der Waals surface area contributed by atoms with Crippen molar-refractivity contribution in [1.82, 2.24) is 19.7 Å². The van der Waals surface area contributed by atoms with Crippen LogP contribution in [0.3, 0.4) is 0 Å². The van der Waals surface area contributed by atoms with Gasteiger partial charge in [-0.3, -0.25) is 4.90 Å². The van der Waals surface area contributed by atoms with E-state index in [1.807, 2.05) is 35.2 Å². The molecule has 2 aromatic carbocycles. The first-order valence-corrected chi connectivity index (χ1v) is 10.8. The molecule has 0 fully saturated rings. The summed E-state index contributed by atoms with van der Waals surface area (Å²) in [4.78, 5) is 22.7. The Bertz CT molecular complexity index is 1070. The van der Waals surface area contributed by atoms with E-state index in [1.54, 1.807) is 0 Å². The first-order chi connectivity index (χ1) is 15.2. The second kappa shape index (κ2) is 8.47. The number of rotatable bonds is 4. The molecule has 0 saturated heterocycles. The second-order valence-electron chi connectivity index (χ2n) is 8.47. The van der Waals surface area contributed by atoms with Crippen molar-refractivity contribution in [2.24, 2.45) is 0 Å². The lowest BCUT2D eigenvalue weighted by atomic mass is 10.0. The highest BCUT2D eigenvalue weighted by Crippen LogP contribution is 2.27. The topological polar surface area (TPSA) is 51.8 Å². The first-order valence-electron chi connectivity index (χ1n) is 10.8. The Morgan fingerprint density at radius 1 is 1.06 bits per heavy atom. The van der Waals surface area contributed by atoms with Crippen LogP contribution in [0.15, 0.2) is 71.9 Å². The van der Waals surface area contributed by atoms with Gasteiger partial charge in [-0.1, -0.05) is 48.5 Å². The number of carbonyl (C=O) groups excluding carboxylic acids is 1. The van der Waals surface area contributed by atoms with Crippen LogP contribution in [0.4, 0.5) is 4.79 Å². The maximum absolute atomic E-state index is 12.8. The monoisotopic (exact) mass is 416 g/mol. The van der Waals surface area contributed by atoms with Crippen molar-refractivity contribution < 1.29 is 9.53 Å². The fraction of sp³-hybridized carbons (Fsp3) is 0.320. The largest absolute Gasteiger partial charge is 0.443 e. The molecule has 2 aliphatic heterocycles. The van der Waals surface area contributed by atoms with Crippen molar-refractivity contribution in [3.8, 4) is 0 Å². The van der Waals surface area contributed by atoms with Crippen LogP contribution in [0.2, 0.25) is 0 Å². The van der Waals surface area contributed by atoms with E-state index in [1.165, 1.54) is 16.8 Å². The molecule has 0 saturated carbocycles. The van der Waals surface area contributed by atoms with E-state index in [4.69, 9.17) is 4.74 Å². The van der Waals surface area contributed by atoms with Gasteiger partial charge >= 0.3 is 6.09 Å². The summed E-state index contributed by atoms with van der Waals surface area (Å²) in [5, 5.41) is 1.13. The van der Waals surface area contributed by atoms with E-state index >= 15 is 0 Å². The average Bonchev–Trinajstić information content (AvgIpc) is 3.21. The third kappa shape index (κ3) is 4.30. The lowest BCUT2D eigenvalue weighted by Gasteiger charge is -2.42. The van der Waals surface area contributed by atoms with Crippen molar-refractivity contribution in [3.63, 3.8) is 0 Å². The van der Waals surface area contributed by atoms with Gasteiger partial charge in [0, 0.05) is 50.9 Å². The van der Waals surface area contributed by atoms with Crippen molar-refractivity contribution in [1.29, 1.82) is 0 Å². The summed E-state index contributed by atoms with van der Waals surface area (Å²) in [5.74, 6) is 0. The third-order valence-electron chi connectivity index (χ3n) is 6.14. The van der Waals surface area contributed by atoms with Gasteiger partial charge in [-0.25, -0.2) is 4.79 Å². The van der Waals surface area contributed by atoms with Crippen LogP contribution < -0.4 is 0 Å². The zero-order valence-electron chi connectivity index (χ0n) is 17.9. The zero-order chi connectivity index (χ0) is 21.2. The average molecular weight is 417 g/mol. The van der Waals surface area contributed by atoms with Gasteiger partial charge in [0.1, 0.15) is 6.61 Å². The fourth-order valence-electron chi connectivity index (χ4n) is 4.67. The molecule has 0 aliphatic carbocycles. The molecule has 0 bridgehead atoms. The number of aromatic nitrogens is 1. The van der Waals surface area contributed by atoms with Crippen LogP contribution >= 0.6 is 0 Å². The molecule has 2 aliphatic rings. The number of H-pyrrole nitrogens is 1. The predicted molar refractivity (Wildman–Crippen MR) is 121 cm³/mol. The summed E-state index contributed by atoms with van der Waals surface area (Å²) >= 11 is 0. The Labute approximate surface area is 182 Å². The van der Waals surface area contributed by atoms with Gasteiger partial charge in [0.25, 0.3) is 0 Å². The highest BCUT2D eigenvalue weighted by Gasteiger charge is 2.30. The third-order valence-corrected chi connectivity index (χ3v) is 6.14. The summed E-state index contributed by atoms with van der Waals surface area (Å²) in [5.41, 5.74) is 5.98. The van der Waals surface area contributed by atoms with E-state index in [-0.39, 0.29) is 12.7 Å². The molecular weight excluding hydrogens is 388 g/mol. The molecule has 3 heterocycles. The normalized spacial score (nSPS) is 17.2. The van der Waals surface area contributed by atoms with Crippen LogP contribution in [-0.2, 0) is 17.9 Å². The highest BCUT2D eigenvalue weighted by atomic mass is 16.6. The van der Waals surface area contributed by atoms with Gasteiger partial charge in [0.05, 0.1) is 12.4 Å². The van der Waals surface area contributed by atoms with E-state index in [0.29, 0.717) is 13.1 Å². The maximum atomic E-state index is 12.8. The molecule has 1 amide bonds. The molecule has 1 N–H and O–H groups in total. The Hall–Kier alpha value is -3.25. The molecule has 5 rings (SSSR count). The van der Waals surface area contributed by atoms with Gasteiger partial charge in [-0.05, 0) is 28.7 Å². The van der Waals surface area contributed by atoms with E-state index in [0.717, 1.165) is 42.8 Å². The summed E-state index contributed by atoms with van der Waals surface area (Å²) in [7, 11) is 2.15. The minimum absolute atomic E-state index is 0.243. The lowest BCUT2D eigenvalue weighted by Crippen LogP contribution is -2.48. The van der Waals surface area contributed by atoms with Crippen LogP contribution in [-0.4, -0.2) is 59.1 Å². The number of para-hydroxylation sites is 1. The molecule has 3 aromatic rings. The predicted octanol–water partition coefficient (Wildman–Crippen LogP) is 4.17. The van der Waals surface area contributed by atoms with Gasteiger partial charge < -0.3 is 19.5 Å². The number of amides is 1. The van der Waals surface area contributed by atoms with Gasteiger partial charge in [-0.15, -0.1) is 0 Å². The Balaban J connectivity index is 1.20. The highest BCUT2D eigenvalue weighted by molar-refractivity contribution is 5.80. The van der Waals surface area contributed by atoms with Crippen molar-refractivity contribution in [2.45, 2.75) is 19.6 Å². The van der Waals surface area contributed by atoms with Crippen molar-refractivity contribution in [2.75, 3.05) is 33.4 Å². The van der Waals surface area contributed by atoms with Crippen LogP contribution in [0.25, 0.3) is 10.9 Å². The zero-order valence-corrected chi connectivity index (χ0v) is 17.9. The molecule has 6 nitrogen and oxygen atoms in total. The number of benzene rings is 2. The van der Waals surface area contributed by atoms with Crippen LogP contribution in [0.1, 0.15) is 17.7 Å². The smallest absolute Gasteiger partial charge is 0.410 e. The number of aromatic amines is 1. The SMILES string of the molecule is CN1CN(Cc2ccccc2)CC2=C1CCN(C(=O)OCc1cc3ccccc3[nH]1)C2. The molecular formula is C25H28N4O2. The molecule has 160 valence electrons. The van der Waals surface area contributed by atoms with Crippen LogP contribution in [0, 0.1) is 0 Å². The molecule has 0 radical (unpaired) electrons. The van der Waals surface area contributed by atoms with Crippen molar-refractivity contribution in [3.05, 3.63) is 83.2 Å². The second-order valence-corrected chi connectivity index (χ2v) is 8.47. The molecule has 0 atom stereocenters. The molecule has 31 heavy (non-hydrogen) atoms. The van der Waals surface area contributed by atoms with Gasteiger partial charge in [-0.2, -0.15) is 0 Å². The minimum atomic E-state index is -0.243. The molecule has 0 unspecified atom stereocenters. The Kier molecular flexibility index (Phi) is 5.38. The lowest BCUT2D eigenvalue weighted by molar-refractivity contribution is 0.0864. The first kappa shape index (κ1) is 19.7. The molecule has 0 spiro atoms. The summed E-state index contributed by atoms with van der Waals surface area (Å²) in [6.45, 7) is 4.31. The number of carbonyl (C=O) groups is 1. The number of nitrogens with one attached hydrogen (secondary N) is 1. The van der Waals surface area contributed by atoms with Crippen LogP contribution in [0.5, 0.6) is 0 Å². The maximum Gasteiger partial charge on any atom is 0.410 e. The minimum Gasteiger partial charge on any atom is -0.443 e. The van der Waals surface area contributed by atoms with E-state index in [9.17, 15) is 4.79 Å². The molecule has 6 heteroatoms. The number of nitrogens with zero attached hydrogens (tertiary/aromatic N) is 3. The summed E-state index contributed by atoms with van der Waals surface area (Å²) in [6, 6.07) is 20.7. The van der Waals surface area contributed by atoms with E-state index < -0.39 is 0 Å². The van der Waals surface area contributed by atoms with Gasteiger partial charge in [0.15, 0.2) is 0 Å².